The number of aromatic nitrogens is 2. The molecule has 0 saturated heterocycles. The van der Waals surface area contributed by atoms with Gasteiger partial charge in [-0.15, -0.1) is 0 Å². The zero-order chi connectivity index (χ0) is 46.1. The van der Waals surface area contributed by atoms with E-state index in [1.807, 2.05) is 30.5 Å². The van der Waals surface area contributed by atoms with Crippen LogP contribution < -0.4 is 13.9 Å². The van der Waals surface area contributed by atoms with Gasteiger partial charge in [-0.3, -0.25) is 4.57 Å². The number of nitrogens with zero attached hydrogens (tertiary/aromatic N) is 4. The van der Waals surface area contributed by atoms with Crippen molar-refractivity contribution in [2.24, 2.45) is 0 Å². The maximum atomic E-state index is 14.9. The van der Waals surface area contributed by atoms with Crippen LogP contribution >= 0.6 is 0 Å². The number of ether oxygens (including phenoxy) is 1. The standard InChI is InChI=1S/C60H55FN4O/c1-58(2,3)42-28-29-62-56(35-42)65-53-27-24-40(39-16-11-10-12-17-39)31-52(53)51-26-25-49(37-55(51)65)66-48-21-14-20-46(36-48)63-38-64(47-33-43(59(4,5)6)32-44(34-47)60(7,8)9)57-50(22-15-23-54(57)63)41-18-13-19-45(61)30-41/h10-37H,1-9H3/q+2. The molecule has 9 aromatic rings. The lowest BCUT2D eigenvalue weighted by Gasteiger charge is -2.24. The molecule has 0 saturated carbocycles. The van der Waals surface area contributed by atoms with Crippen LogP contribution in [0.5, 0.6) is 11.5 Å². The molecule has 1 aliphatic rings. The fourth-order valence-corrected chi connectivity index (χ4v) is 8.98. The summed E-state index contributed by atoms with van der Waals surface area (Å²) in [6.45, 7) is 20.2. The van der Waals surface area contributed by atoms with E-state index >= 15 is 0 Å². The molecule has 66 heavy (non-hydrogen) atoms. The van der Waals surface area contributed by atoms with E-state index in [-0.39, 0.29) is 22.1 Å². The quantitative estimate of drug-likeness (QED) is 0.150. The highest BCUT2D eigenvalue weighted by atomic mass is 19.1. The summed E-state index contributed by atoms with van der Waals surface area (Å²) in [6.07, 6.45) is 1.91. The highest BCUT2D eigenvalue weighted by Gasteiger charge is 2.40. The van der Waals surface area contributed by atoms with Crippen LogP contribution in [0.4, 0.5) is 27.1 Å². The predicted molar refractivity (Wildman–Crippen MR) is 273 cm³/mol. The van der Waals surface area contributed by atoms with Crippen molar-refractivity contribution in [1.29, 1.82) is 0 Å². The van der Waals surface area contributed by atoms with Gasteiger partial charge >= 0.3 is 11.7 Å². The third kappa shape index (κ3) is 7.92. The molecule has 1 aliphatic heterocycles. The third-order valence-electron chi connectivity index (χ3n) is 12.7. The average molecular weight is 867 g/mol. The van der Waals surface area contributed by atoms with E-state index in [1.54, 1.807) is 12.1 Å². The Kier molecular flexibility index (Phi) is 10.3. The second-order valence-corrected chi connectivity index (χ2v) is 20.6. The van der Waals surface area contributed by atoms with Crippen molar-refractivity contribution in [2.75, 3.05) is 0 Å². The molecule has 0 atom stereocenters. The zero-order valence-corrected chi connectivity index (χ0v) is 39.2. The lowest BCUT2D eigenvalue weighted by Crippen LogP contribution is -2.17. The molecule has 5 nitrogen and oxygen atoms in total. The molecular formula is C60H55FN4O+2. The largest absolute Gasteiger partial charge is 0.503 e. The SMILES string of the molecule is CC(C)(C)c1cc([N+]2=C=[N+](c3cccc(Oc4ccc5c6cc(-c7ccccc7)ccc6n(-c6cc(C(C)(C)C)ccn6)c5c4)c3)c3cccc(-c4cccc(F)c4)c32)cc(C(C)(C)C)c1. The van der Waals surface area contributed by atoms with E-state index < -0.39 is 0 Å². The van der Waals surface area contributed by atoms with Crippen molar-refractivity contribution in [3.8, 4) is 39.6 Å². The molecule has 0 aliphatic carbocycles. The van der Waals surface area contributed by atoms with E-state index in [1.165, 1.54) is 28.3 Å². The predicted octanol–water partition coefficient (Wildman–Crippen LogP) is 16.2. The monoisotopic (exact) mass is 866 g/mol. The Morgan fingerprint density at radius 3 is 1.92 bits per heavy atom. The summed E-state index contributed by atoms with van der Waals surface area (Å²) in [6, 6.07) is 59.7. The van der Waals surface area contributed by atoms with E-state index in [9.17, 15) is 4.39 Å². The van der Waals surface area contributed by atoms with Crippen molar-refractivity contribution in [3.05, 3.63) is 192 Å². The summed E-state index contributed by atoms with van der Waals surface area (Å²) < 4.78 is 28.2. The molecular weight excluding hydrogens is 812 g/mol. The molecule has 326 valence electrons. The van der Waals surface area contributed by atoms with Crippen LogP contribution in [0.1, 0.15) is 79.0 Å². The molecule has 10 rings (SSSR count). The van der Waals surface area contributed by atoms with Gasteiger partial charge in [-0.1, -0.05) is 129 Å². The summed E-state index contributed by atoms with van der Waals surface area (Å²) in [7, 11) is 0. The van der Waals surface area contributed by atoms with Gasteiger partial charge in [-0.05, 0) is 119 Å². The minimum Gasteiger partial charge on any atom is -0.457 e. The number of hydrogen-bond donors (Lipinski definition) is 0. The maximum Gasteiger partial charge on any atom is 0.503 e. The number of pyridine rings is 1. The van der Waals surface area contributed by atoms with Crippen LogP contribution in [0, 0.1) is 5.82 Å². The van der Waals surface area contributed by atoms with E-state index in [2.05, 4.69) is 203 Å². The molecule has 0 amide bonds. The number of halogens is 1. The number of para-hydroxylation sites is 1. The van der Waals surface area contributed by atoms with E-state index in [0.29, 0.717) is 11.5 Å². The first-order chi connectivity index (χ1) is 31.5. The molecule has 0 fully saturated rings. The number of benzene rings is 7. The van der Waals surface area contributed by atoms with E-state index in [4.69, 9.17) is 9.72 Å². The van der Waals surface area contributed by atoms with Crippen molar-refractivity contribution >= 4 is 50.6 Å². The molecule has 0 bridgehead atoms. The Hall–Kier alpha value is -7.40. The summed E-state index contributed by atoms with van der Waals surface area (Å²) in [5.41, 5.74) is 13.3. The molecule has 3 heterocycles. The highest BCUT2D eigenvalue weighted by molar-refractivity contribution is 6.10. The molecule has 6 heteroatoms. The molecule has 0 spiro atoms. The van der Waals surface area contributed by atoms with Crippen molar-refractivity contribution in [3.63, 3.8) is 0 Å². The van der Waals surface area contributed by atoms with Crippen LogP contribution in [0.15, 0.2) is 170 Å². The first-order valence-electron chi connectivity index (χ1n) is 22.8. The summed E-state index contributed by atoms with van der Waals surface area (Å²) in [5, 5.41) is 2.26. The van der Waals surface area contributed by atoms with Crippen molar-refractivity contribution in [2.45, 2.75) is 78.6 Å². The van der Waals surface area contributed by atoms with E-state index in [0.717, 1.165) is 67.1 Å². The van der Waals surface area contributed by atoms with Gasteiger partial charge in [0, 0.05) is 47.3 Å². The molecule has 0 N–H and O–H groups in total. The Labute approximate surface area is 387 Å². The van der Waals surface area contributed by atoms with Gasteiger partial charge < -0.3 is 4.74 Å². The van der Waals surface area contributed by atoms with Crippen LogP contribution in [0.3, 0.4) is 0 Å². The summed E-state index contributed by atoms with van der Waals surface area (Å²) >= 11 is 0. The summed E-state index contributed by atoms with van der Waals surface area (Å²) in [4.78, 5) is 4.94. The summed E-state index contributed by atoms with van der Waals surface area (Å²) in [5.74, 6) is 1.97. The molecule has 7 aromatic carbocycles. The van der Waals surface area contributed by atoms with Gasteiger partial charge in [0.25, 0.3) is 5.69 Å². The molecule has 2 aromatic heterocycles. The normalized spacial score (nSPS) is 12.9. The van der Waals surface area contributed by atoms with Gasteiger partial charge in [-0.2, -0.15) is 0 Å². The molecule has 0 unspecified atom stereocenters. The van der Waals surface area contributed by atoms with Crippen LogP contribution in [0.2, 0.25) is 0 Å². The van der Waals surface area contributed by atoms with Gasteiger partial charge in [0.2, 0.25) is 11.4 Å². The molecule has 0 radical (unpaired) electrons. The Balaban J connectivity index is 1.11. The Bertz CT molecular complexity index is 3410. The van der Waals surface area contributed by atoms with Gasteiger partial charge in [-0.25, -0.2) is 9.37 Å². The topological polar surface area (TPSA) is 33.1 Å². The first kappa shape index (κ1) is 42.5. The fourth-order valence-electron chi connectivity index (χ4n) is 8.98. The minimum atomic E-state index is -0.278. The second kappa shape index (κ2) is 15.9. The Morgan fingerprint density at radius 2 is 1.20 bits per heavy atom. The van der Waals surface area contributed by atoms with Crippen molar-refractivity contribution in [1.82, 2.24) is 18.7 Å². The number of hydrogen-bond acceptors (Lipinski definition) is 2. The third-order valence-corrected chi connectivity index (χ3v) is 12.7. The minimum absolute atomic E-state index is 0.0508. The zero-order valence-electron chi connectivity index (χ0n) is 39.2. The van der Waals surface area contributed by atoms with Gasteiger partial charge in [0.15, 0.2) is 0 Å². The first-order valence-corrected chi connectivity index (χ1v) is 22.8. The van der Waals surface area contributed by atoms with Crippen LogP contribution in [-0.2, 0) is 16.2 Å². The van der Waals surface area contributed by atoms with Crippen LogP contribution in [0.25, 0.3) is 49.9 Å². The Morgan fingerprint density at radius 1 is 0.500 bits per heavy atom. The lowest BCUT2D eigenvalue weighted by atomic mass is 9.80. The average Bonchev–Trinajstić information content (AvgIpc) is 3.84. The maximum absolute atomic E-state index is 14.9. The number of rotatable bonds is 7. The van der Waals surface area contributed by atoms with Gasteiger partial charge in [0.05, 0.1) is 22.7 Å². The second-order valence-electron chi connectivity index (χ2n) is 20.6. The van der Waals surface area contributed by atoms with Crippen LogP contribution in [-0.4, -0.2) is 15.6 Å². The smallest absolute Gasteiger partial charge is 0.457 e. The number of fused-ring (bicyclic) bond motifs is 4. The van der Waals surface area contributed by atoms with Crippen molar-refractivity contribution < 1.29 is 9.13 Å². The highest BCUT2D eigenvalue weighted by Crippen LogP contribution is 2.45. The van der Waals surface area contributed by atoms with Gasteiger partial charge in [0.1, 0.15) is 23.1 Å². The fraction of sp³-hybridized carbons (Fsp3) is 0.200. The lowest BCUT2D eigenvalue weighted by molar-refractivity contribution is 0.483.